The fourth-order valence-corrected chi connectivity index (χ4v) is 2.13. The molecular formula is C11H20N4O. The van der Waals surface area contributed by atoms with Gasteiger partial charge in [0.1, 0.15) is 0 Å². The zero-order chi connectivity index (χ0) is 11.4. The summed E-state index contributed by atoms with van der Waals surface area (Å²) in [4.78, 5) is 6.62. The largest absolute Gasteiger partial charge is 0.338 e. The van der Waals surface area contributed by atoms with Gasteiger partial charge in [0.25, 0.3) is 5.95 Å². The Morgan fingerprint density at radius 1 is 1.44 bits per heavy atom. The van der Waals surface area contributed by atoms with E-state index in [2.05, 4.69) is 22.0 Å². The Kier molecular flexibility index (Phi) is 3.77. The minimum atomic E-state index is 0.217. The first-order chi connectivity index (χ1) is 7.85. The van der Waals surface area contributed by atoms with Gasteiger partial charge in [-0.1, -0.05) is 13.3 Å². The number of hydrogen-bond acceptors (Lipinski definition) is 5. The van der Waals surface area contributed by atoms with Gasteiger partial charge < -0.3 is 15.2 Å². The molecule has 0 amide bonds. The zero-order valence-electron chi connectivity index (χ0n) is 9.85. The average Bonchev–Trinajstić information content (AvgIpc) is 2.95. The lowest BCUT2D eigenvalue weighted by atomic mass is 10.0. The van der Waals surface area contributed by atoms with E-state index in [4.69, 9.17) is 10.3 Å². The molecule has 1 aromatic rings. The number of nitrogens with zero attached hydrogens (tertiary/aromatic N) is 3. The van der Waals surface area contributed by atoms with Gasteiger partial charge in [0.15, 0.2) is 0 Å². The monoisotopic (exact) mass is 224 g/mol. The van der Waals surface area contributed by atoms with Gasteiger partial charge in [0, 0.05) is 19.6 Å². The van der Waals surface area contributed by atoms with Crippen LogP contribution in [0.1, 0.15) is 44.4 Å². The summed E-state index contributed by atoms with van der Waals surface area (Å²) in [5.74, 6) is 1.65. The third-order valence-electron chi connectivity index (χ3n) is 3.09. The van der Waals surface area contributed by atoms with Gasteiger partial charge >= 0.3 is 0 Å². The zero-order valence-corrected chi connectivity index (χ0v) is 9.85. The third-order valence-corrected chi connectivity index (χ3v) is 3.09. The van der Waals surface area contributed by atoms with Crippen molar-refractivity contribution >= 4 is 5.95 Å². The first-order valence-electron chi connectivity index (χ1n) is 6.13. The fourth-order valence-electron chi connectivity index (χ4n) is 2.13. The lowest BCUT2D eigenvalue weighted by Crippen LogP contribution is -2.19. The second-order valence-electron chi connectivity index (χ2n) is 4.35. The summed E-state index contributed by atoms with van der Waals surface area (Å²) in [5, 5.41) is 4.03. The van der Waals surface area contributed by atoms with E-state index >= 15 is 0 Å². The van der Waals surface area contributed by atoms with Crippen molar-refractivity contribution in [1.29, 1.82) is 0 Å². The van der Waals surface area contributed by atoms with Crippen molar-refractivity contribution in [1.82, 2.24) is 10.1 Å². The molecule has 1 saturated heterocycles. The van der Waals surface area contributed by atoms with Crippen LogP contribution in [0.4, 0.5) is 5.95 Å². The van der Waals surface area contributed by atoms with Crippen LogP contribution in [0, 0.1) is 0 Å². The Balaban J connectivity index is 2.05. The van der Waals surface area contributed by atoms with Crippen molar-refractivity contribution in [2.24, 2.45) is 5.73 Å². The smallest absolute Gasteiger partial charge is 0.266 e. The second kappa shape index (κ2) is 5.30. The van der Waals surface area contributed by atoms with Gasteiger partial charge in [-0.25, -0.2) is 0 Å². The van der Waals surface area contributed by atoms with Crippen molar-refractivity contribution in [3.63, 3.8) is 0 Å². The predicted octanol–water partition coefficient (Wildman–Crippen LogP) is 1.51. The van der Waals surface area contributed by atoms with Crippen molar-refractivity contribution in [3.05, 3.63) is 5.89 Å². The SMILES string of the molecule is CCCC(CN)c1nc(N2CCCC2)no1. The summed E-state index contributed by atoms with van der Waals surface area (Å²) in [6.45, 7) is 4.80. The van der Waals surface area contributed by atoms with Crippen LogP contribution in [0.5, 0.6) is 0 Å². The Morgan fingerprint density at radius 2 is 2.19 bits per heavy atom. The lowest BCUT2D eigenvalue weighted by molar-refractivity contribution is 0.347. The van der Waals surface area contributed by atoms with Crippen molar-refractivity contribution in [3.8, 4) is 0 Å². The number of rotatable bonds is 5. The molecule has 5 heteroatoms. The number of nitrogens with two attached hydrogens (primary N) is 1. The maximum absolute atomic E-state index is 5.71. The van der Waals surface area contributed by atoms with Crippen molar-refractivity contribution in [2.45, 2.75) is 38.5 Å². The number of anilines is 1. The van der Waals surface area contributed by atoms with Crippen LogP contribution >= 0.6 is 0 Å². The predicted molar refractivity (Wildman–Crippen MR) is 62.4 cm³/mol. The highest BCUT2D eigenvalue weighted by atomic mass is 16.5. The molecule has 0 spiro atoms. The minimum absolute atomic E-state index is 0.217. The van der Waals surface area contributed by atoms with Crippen LogP contribution in [-0.4, -0.2) is 29.8 Å². The minimum Gasteiger partial charge on any atom is -0.338 e. The van der Waals surface area contributed by atoms with E-state index < -0.39 is 0 Å². The molecular weight excluding hydrogens is 204 g/mol. The Hall–Kier alpha value is -1.10. The van der Waals surface area contributed by atoms with Gasteiger partial charge in [0.2, 0.25) is 5.89 Å². The third kappa shape index (κ3) is 2.35. The van der Waals surface area contributed by atoms with Gasteiger partial charge in [-0.3, -0.25) is 0 Å². The molecule has 2 heterocycles. The van der Waals surface area contributed by atoms with Gasteiger partial charge in [-0.05, 0) is 24.4 Å². The average molecular weight is 224 g/mol. The molecule has 5 nitrogen and oxygen atoms in total. The van der Waals surface area contributed by atoms with E-state index in [0.717, 1.165) is 31.9 Å². The van der Waals surface area contributed by atoms with Gasteiger partial charge in [0.05, 0.1) is 5.92 Å². The maximum Gasteiger partial charge on any atom is 0.266 e. The normalized spacial score (nSPS) is 18.0. The number of hydrogen-bond donors (Lipinski definition) is 1. The molecule has 90 valence electrons. The summed E-state index contributed by atoms with van der Waals surface area (Å²) >= 11 is 0. The summed E-state index contributed by atoms with van der Waals surface area (Å²) in [6.07, 6.45) is 4.54. The molecule has 0 radical (unpaired) electrons. The Morgan fingerprint density at radius 3 is 2.81 bits per heavy atom. The Bertz CT molecular complexity index is 320. The molecule has 0 aromatic carbocycles. The van der Waals surface area contributed by atoms with E-state index in [1.807, 2.05) is 0 Å². The molecule has 0 saturated carbocycles. The highest BCUT2D eigenvalue weighted by Crippen LogP contribution is 2.22. The van der Waals surface area contributed by atoms with E-state index in [9.17, 15) is 0 Å². The van der Waals surface area contributed by atoms with E-state index in [1.54, 1.807) is 0 Å². The van der Waals surface area contributed by atoms with Crippen LogP contribution in [0.3, 0.4) is 0 Å². The summed E-state index contributed by atoms with van der Waals surface area (Å²) < 4.78 is 5.30. The molecule has 1 unspecified atom stereocenters. The summed E-state index contributed by atoms with van der Waals surface area (Å²) in [5.41, 5.74) is 5.71. The molecule has 2 N–H and O–H groups in total. The van der Waals surface area contributed by atoms with Gasteiger partial charge in [-0.2, -0.15) is 4.98 Å². The molecule has 1 atom stereocenters. The van der Waals surface area contributed by atoms with Gasteiger partial charge in [-0.15, -0.1) is 0 Å². The quantitative estimate of drug-likeness (QED) is 0.821. The van der Waals surface area contributed by atoms with Crippen LogP contribution in [-0.2, 0) is 0 Å². The second-order valence-corrected chi connectivity index (χ2v) is 4.35. The standard InChI is InChI=1S/C11H20N4O/c1-2-5-9(8-12)10-13-11(14-16-10)15-6-3-4-7-15/h9H,2-8,12H2,1H3. The molecule has 1 aliphatic heterocycles. The first kappa shape index (κ1) is 11.4. The lowest BCUT2D eigenvalue weighted by Gasteiger charge is -2.10. The molecule has 1 aliphatic rings. The van der Waals surface area contributed by atoms with E-state index in [-0.39, 0.29) is 5.92 Å². The topological polar surface area (TPSA) is 68.2 Å². The maximum atomic E-state index is 5.71. The molecule has 1 aromatic heterocycles. The molecule has 2 rings (SSSR count). The van der Waals surface area contributed by atoms with E-state index in [1.165, 1.54) is 12.8 Å². The van der Waals surface area contributed by atoms with Crippen molar-refractivity contribution < 1.29 is 4.52 Å². The van der Waals surface area contributed by atoms with Crippen LogP contribution in [0.15, 0.2) is 4.52 Å². The molecule has 1 fully saturated rings. The number of aromatic nitrogens is 2. The Labute approximate surface area is 96.0 Å². The summed E-state index contributed by atoms with van der Waals surface area (Å²) in [7, 11) is 0. The fraction of sp³-hybridized carbons (Fsp3) is 0.818. The summed E-state index contributed by atoms with van der Waals surface area (Å²) in [6, 6.07) is 0. The molecule has 16 heavy (non-hydrogen) atoms. The highest BCUT2D eigenvalue weighted by Gasteiger charge is 2.21. The molecule has 0 bridgehead atoms. The first-order valence-corrected chi connectivity index (χ1v) is 6.13. The molecule has 0 aliphatic carbocycles. The highest BCUT2D eigenvalue weighted by molar-refractivity contribution is 5.29. The van der Waals surface area contributed by atoms with Crippen LogP contribution in [0.2, 0.25) is 0 Å². The van der Waals surface area contributed by atoms with Crippen LogP contribution in [0.25, 0.3) is 0 Å². The van der Waals surface area contributed by atoms with E-state index in [0.29, 0.717) is 12.4 Å². The van der Waals surface area contributed by atoms with Crippen LogP contribution < -0.4 is 10.6 Å². The van der Waals surface area contributed by atoms with Crippen molar-refractivity contribution in [2.75, 3.05) is 24.5 Å².